The summed E-state index contributed by atoms with van der Waals surface area (Å²) in [5.74, 6) is 0.227. The lowest BCUT2D eigenvalue weighted by molar-refractivity contribution is -0.125. The summed E-state index contributed by atoms with van der Waals surface area (Å²) in [5.41, 5.74) is 2.16. The van der Waals surface area contributed by atoms with Gasteiger partial charge in [0.15, 0.2) is 0 Å². The number of carbonyl (C=O) groups excluding carboxylic acids is 1. The second-order valence-electron chi connectivity index (χ2n) is 11.9. The summed E-state index contributed by atoms with van der Waals surface area (Å²) in [6.45, 7) is 2.31. The van der Waals surface area contributed by atoms with Crippen molar-refractivity contribution in [3.63, 3.8) is 0 Å². The first-order chi connectivity index (χ1) is 19.7. The number of aliphatic hydroxyl groups is 1. The van der Waals surface area contributed by atoms with Crippen LogP contribution >= 0.6 is 11.6 Å². The Morgan fingerprint density at radius 2 is 1.98 bits per heavy atom. The molecule has 0 radical (unpaired) electrons. The highest BCUT2D eigenvalue weighted by Crippen LogP contribution is 2.44. The molecule has 41 heavy (non-hydrogen) atoms. The van der Waals surface area contributed by atoms with Crippen LogP contribution in [0.1, 0.15) is 60.0 Å². The van der Waals surface area contributed by atoms with Crippen LogP contribution in [-0.2, 0) is 27.8 Å². The highest BCUT2D eigenvalue weighted by molar-refractivity contribution is 7.90. The molecule has 0 unspecified atom stereocenters. The fraction of sp³-hybridized carbons (Fsp3) is 0.516. The molecule has 1 saturated carbocycles. The van der Waals surface area contributed by atoms with Gasteiger partial charge in [-0.05, 0) is 85.4 Å². The molecular weight excluding hydrogens is 564 g/mol. The number of nitrogens with one attached hydrogen (secondary N) is 1. The molecule has 2 aromatic rings. The van der Waals surface area contributed by atoms with Crippen molar-refractivity contribution in [1.82, 2.24) is 4.72 Å². The van der Waals surface area contributed by atoms with Crippen LogP contribution in [0.2, 0.25) is 5.02 Å². The summed E-state index contributed by atoms with van der Waals surface area (Å²) in [4.78, 5) is 15.4. The number of halogens is 1. The van der Waals surface area contributed by atoms with E-state index in [1.165, 1.54) is 11.6 Å². The molecule has 1 aliphatic carbocycles. The molecule has 8 nitrogen and oxygen atoms in total. The molecule has 2 fully saturated rings. The van der Waals surface area contributed by atoms with Gasteiger partial charge in [-0.25, -0.2) is 13.1 Å². The van der Waals surface area contributed by atoms with E-state index in [4.69, 9.17) is 21.1 Å². The monoisotopic (exact) mass is 600 g/mol. The summed E-state index contributed by atoms with van der Waals surface area (Å²) < 4.78 is 40.3. The lowest BCUT2D eigenvalue weighted by atomic mass is 9.67. The zero-order valence-electron chi connectivity index (χ0n) is 23.1. The van der Waals surface area contributed by atoms with Gasteiger partial charge in [0.05, 0.1) is 29.8 Å². The fourth-order valence-corrected chi connectivity index (χ4v) is 7.66. The number of benzene rings is 2. The maximum absolute atomic E-state index is 13.1. The van der Waals surface area contributed by atoms with Gasteiger partial charge in [-0.1, -0.05) is 29.8 Å². The fourth-order valence-electron chi connectivity index (χ4n) is 6.63. The molecule has 1 amide bonds. The predicted molar refractivity (Wildman–Crippen MR) is 158 cm³/mol. The third-order valence-corrected chi connectivity index (χ3v) is 10.4. The van der Waals surface area contributed by atoms with E-state index in [-0.39, 0.29) is 11.7 Å². The zero-order chi connectivity index (χ0) is 28.6. The molecule has 2 N–H and O–H groups in total. The molecule has 6 rings (SSSR count). The Kier molecular flexibility index (Phi) is 8.06. The number of anilines is 1. The number of sulfonamides is 1. The van der Waals surface area contributed by atoms with Crippen molar-refractivity contribution in [1.29, 1.82) is 0 Å². The van der Waals surface area contributed by atoms with E-state index < -0.39 is 27.3 Å². The van der Waals surface area contributed by atoms with Crippen LogP contribution in [0.4, 0.5) is 5.69 Å². The minimum Gasteiger partial charge on any atom is -0.487 e. The molecule has 220 valence electrons. The molecule has 3 heterocycles. The van der Waals surface area contributed by atoms with Crippen molar-refractivity contribution in [3.05, 3.63) is 70.3 Å². The number of amides is 1. The van der Waals surface area contributed by atoms with Crippen molar-refractivity contribution in [3.8, 4) is 5.75 Å². The summed E-state index contributed by atoms with van der Waals surface area (Å²) in [6, 6.07) is 11.0. The smallest absolute Gasteiger partial charge is 0.264 e. The Balaban J connectivity index is 1.38. The first-order valence-electron chi connectivity index (χ1n) is 14.5. The minimum atomic E-state index is -3.95. The van der Waals surface area contributed by atoms with E-state index in [9.17, 15) is 18.3 Å². The van der Waals surface area contributed by atoms with E-state index in [1.54, 1.807) is 24.3 Å². The summed E-state index contributed by atoms with van der Waals surface area (Å²) in [5, 5.41) is 12.0. The number of rotatable bonds is 0. The van der Waals surface area contributed by atoms with Gasteiger partial charge in [-0.15, -0.1) is 0 Å². The number of fused-ring (bicyclic) bond motifs is 6. The molecule has 0 aromatic heterocycles. The summed E-state index contributed by atoms with van der Waals surface area (Å²) in [7, 11) is -3.95. The Morgan fingerprint density at radius 1 is 1.10 bits per heavy atom. The quantitative estimate of drug-likeness (QED) is 0.425. The van der Waals surface area contributed by atoms with E-state index >= 15 is 0 Å². The van der Waals surface area contributed by atoms with Gasteiger partial charge in [-0.3, -0.25) is 4.79 Å². The van der Waals surface area contributed by atoms with Crippen LogP contribution in [0, 0.1) is 11.8 Å². The number of nitrogens with zero attached hydrogens (tertiary/aromatic N) is 1. The summed E-state index contributed by atoms with van der Waals surface area (Å²) >= 11 is 6.30. The third kappa shape index (κ3) is 6.43. The van der Waals surface area contributed by atoms with Crippen molar-refractivity contribution in [2.24, 2.45) is 11.8 Å². The molecule has 10 heteroatoms. The molecule has 4 bridgehead atoms. The van der Waals surface area contributed by atoms with Crippen LogP contribution in [0.3, 0.4) is 0 Å². The van der Waals surface area contributed by atoms with E-state index in [1.807, 2.05) is 18.2 Å². The van der Waals surface area contributed by atoms with Crippen molar-refractivity contribution in [2.45, 2.75) is 63.3 Å². The highest BCUT2D eigenvalue weighted by Gasteiger charge is 2.44. The number of hydrogen-bond acceptors (Lipinski definition) is 7. The minimum absolute atomic E-state index is 0.0911. The Hall–Kier alpha value is -2.59. The van der Waals surface area contributed by atoms with Crippen LogP contribution < -0.4 is 14.4 Å². The molecule has 0 spiro atoms. The van der Waals surface area contributed by atoms with E-state index in [2.05, 4.69) is 9.62 Å². The van der Waals surface area contributed by atoms with Gasteiger partial charge in [0.25, 0.3) is 5.91 Å². The number of ether oxygens (including phenoxy) is 2. The largest absolute Gasteiger partial charge is 0.487 e. The summed E-state index contributed by atoms with van der Waals surface area (Å²) in [6.07, 6.45) is 8.65. The van der Waals surface area contributed by atoms with Gasteiger partial charge < -0.3 is 19.5 Å². The number of carbonyl (C=O) groups is 1. The maximum Gasteiger partial charge on any atom is 0.264 e. The third-order valence-electron chi connectivity index (χ3n) is 9.06. The normalized spacial score (nSPS) is 30.7. The van der Waals surface area contributed by atoms with Gasteiger partial charge in [0.2, 0.25) is 10.0 Å². The van der Waals surface area contributed by atoms with E-state index in [0.29, 0.717) is 48.7 Å². The maximum atomic E-state index is 13.1. The van der Waals surface area contributed by atoms with Crippen LogP contribution in [-0.4, -0.2) is 56.6 Å². The Morgan fingerprint density at radius 3 is 2.80 bits per heavy atom. The lowest BCUT2D eigenvalue weighted by Gasteiger charge is -2.48. The molecule has 2 aromatic carbocycles. The van der Waals surface area contributed by atoms with Crippen molar-refractivity contribution >= 4 is 33.2 Å². The molecule has 4 aliphatic rings. The second-order valence-corrected chi connectivity index (χ2v) is 14.1. The average molecular weight is 601 g/mol. The average Bonchev–Trinajstić information content (AvgIpc) is 2.93. The highest BCUT2D eigenvalue weighted by atomic mass is 35.5. The van der Waals surface area contributed by atoms with Gasteiger partial charge in [0, 0.05) is 36.5 Å². The topological polar surface area (TPSA) is 105 Å². The van der Waals surface area contributed by atoms with Gasteiger partial charge >= 0.3 is 0 Å². The second kappa shape index (κ2) is 11.6. The van der Waals surface area contributed by atoms with E-state index in [0.717, 1.165) is 56.4 Å². The van der Waals surface area contributed by atoms with Crippen molar-refractivity contribution in [2.75, 3.05) is 30.3 Å². The molecule has 4 atom stereocenters. The van der Waals surface area contributed by atoms with Crippen LogP contribution in [0.25, 0.3) is 0 Å². The zero-order valence-corrected chi connectivity index (χ0v) is 24.6. The molecule has 3 aliphatic heterocycles. The molecular formula is C31H37ClN2O6S. The first-order valence-corrected chi connectivity index (χ1v) is 16.6. The standard InChI is InChI=1S/C31H37ClN2O6S/c32-25-8-5-24-20-40-28-10-7-22-17-27(28)34(13-2-1-4-21(24)16-25)19-23-6-9-26(23)29-18-31(36,12-14-39-29)11-3-15-41(37,38)33-30(22)35/h3,5,7-8,10-11,16-17,23,26,29,36H,1-2,4,6,9,12-15,18-20H2,(H,33,35)/b11-3-/t23-,26+,29-,31+/m0/s1. The van der Waals surface area contributed by atoms with Crippen LogP contribution in [0.5, 0.6) is 5.75 Å². The number of hydrogen-bond donors (Lipinski definition) is 2. The van der Waals surface area contributed by atoms with Gasteiger partial charge in [-0.2, -0.15) is 0 Å². The van der Waals surface area contributed by atoms with Crippen molar-refractivity contribution < 1.29 is 27.8 Å². The Bertz CT molecular complexity index is 1450. The van der Waals surface area contributed by atoms with Gasteiger partial charge in [0.1, 0.15) is 12.4 Å². The first kappa shape index (κ1) is 28.5. The number of aryl methyl sites for hydroxylation is 1. The Labute approximate surface area is 246 Å². The SMILES string of the molecule is O=C1NS(=O)(=O)C/C=C\[C@@]2(O)CCO[C@@H](C2)[C@@H]2CC[C@H]2CN2CCCCc3cc(Cl)ccc3COc3ccc1cc32. The lowest BCUT2D eigenvalue weighted by Crippen LogP contribution is -2.50. The van der Waals surface area contributed by atoms with Crippen LogP contribution in [0.15, 0.2) is 48.6 Å². The molecule has 1 saturated heterocycles. The predicted octanol–water partition coefficient (Wildman–Crippen LogP) is 4.63.